The topological polar surface area (TPSA) is 29.5 Å². The van der Waals surface area contributed by atoms with Crippen molar-refractivity contribution in [2.45, 2.75) is 31.3 Å². The van der Waals surface area contributed by atoms with E-state index in [2.05, 4.69) is 23.1 Å². The van der Waals surface area contributed by atoms with Gasteiger partial charge in [-0.05, 0) is 54.7 Å². The van der Waals surface area contributed by atoms with Crippen molar-refractivity contribution in [1.82, 2.24) is 4.90 Å². The van der Waals surface area contributed by atoms with Crippen molar-refractivity contribution in [2.75, 3.05) is 7.11 Å². The van der Waals surface area contributed by atoms with Crippen molar-refractivity contribution in [3.05, 3.63) is 66.2 Å². The molecule has 3 nitrogen and oxygen atoms in total. The van der Waals surface area contributed by atoms with Gasteiger partial charge in [-0.2, -0.15) is 0 Å². The molecule has 2 aromatic carbocycles. The summed E-state index contributed by atoms with van der Waals surface area (Å²) in [5, 5.41) is 0. The fraction of sp³-hybridized carbons (Fsp3) is 0.286. The van der Waals surface area contributed by atoms with Gasteiger partial charge in [-0.1, -0.05) is 36.4 Å². The van der Waals surface area contributed by atoms with Crippen LogP contribution in [0.5, 0.6) is 5.75 Å². The van der Waals surface area contributed by atoms with E-state index in [0.717, 1.165) is 41.7 Å². The van der Waals surface area contributed by atoms with Gasteiger partial charge in [-0.3, -0.25) is 4.79 Å². The van der Waals surface area contributed by atoms with Crippen LogP contribution < -0.4 is 4.74 Å². The van der Waals surface area contributed by atoms with Gasteiger partial charge in [0.25, 0.3) is 5.91 Å². The summed E-state index contributed by atoms with van der Waals surface area (Å²) >= 11 is 0. The first-order valence-corrected chi connectivity index (χ1v) is 8.50. The zero-order valence-corrected chi connectivity index (χ0v) is 13.8. The molecule has 3 heteroatoms. The number of carbonyl (C=O) groups is 1. The van der Waals surface area contributed by atoms with Gasteiger partial charge in [0.05, 0.1) is 13.2 Å². The van der Waals surface area contributed by atoms with Gasteiger partial charge in [-0.25, -0.2) is 0 Å². The van der Waals surface area contributed by atoms with Crippen molar-refractivity contribution in [2.24, 2.45) is 0 Å². The minimum Gasteiger partial charge on any atom is -0.497 e. The van der Waals surface area contributed by atoms with E-state index in [1.165, 1.54) is 0 Å². The second-order valence-corrected chi connectivity index (χ2v) is 6.48. The standard InChI is InChI=1S/C21H21NO2/c1-24-20-7-2-4-17(14-20)15-8-10-16(11-9-15)21(23)22-18-5-3-6-19(22)13-12-18/h2-5,7-11,14,18-19H,6,12-13H2,1H3. The number of benzene rings is 2. The van der Waals surface area contributed by atoms with E-state index < -0.39 is 0 Å². The number of methoxy groups -OCH3 is 1. The second kappa shape index (κ2) is 6.16. The van der Waals surface area contributed by atoms with Crippen molar-refractivity contribution >= 4 is 5.91 Å². The van der Waals surface area contributed by atoms with E-state index >= 15 is 0 Å². The molecule has 2 aliphatic heterocycles. The molecule has 0 aliphatic carbocycles. The summed E-state index contributed by atoms with van der Waals surface area (Å²) in [6.45, 7) is 0. The molecule has 1 saturated heterocycles. The summed E-state index contributed by atoms with van der Waals surface area (Å²) in [6.07, 6.45) is 7.61. The van der Waals surface area contributed by atoms with Crippen LogP contribution in [0.4, 0.5) is 0 Å². The van der Waals surface area contributed by atoms with E-state index in [4.69, 9.17) is 4.74 Å². The molecule has 1 amide bonds. The van der Waals surface area contributed by atoms with Gasteiger partial charge in [0.15, 0.2) is 0 Å². The fourth-order valence-electron chi connectivity index (χ4n) is 3.80. The number of nitrogens with zero attached hydrogens (tertiary/aromatic N) is 1. The molecule has 0 radical (unpaired) electrons. The molecule has 2 aromatic rings. The number of rotatable bonds is 3. The monoisotopic (exact) mass is 319 g/mol. The fourth-order valence-corrected chi connectivity index (χ4v) is 3.80. The van der Waals surface area contributed by atoms with E-state index in [1.54, 1.807) is 7.11 Å². The highest BCUT2D eigenvalue weighted by Gasteiger charge is 2.37. The molecule has 2 atom stereocenters. The number of carbonyl (C=O) groups excluding carboxylic acids is 1. The first-order chi connectivity index (χ1) is 11.8. The lowest BCUT2D eigenvalue weighted by molar-refractivity contribution is 0.0689. The maximum Gasteiger partial charge on any atom is 0.254 e. The molecular weight excluding hydrogens is 298 g/mol. The van der Waals surface area contributed by atoms with Crippen LogP contribution in [0.25, 0.3) is 11.1 Å². The quantitative estimate of drug-likeness (QED) is 0.790. The maximum absolute atomic E-state index is 12.9. The van der Waals surface area contributed by atoms with Crippen LogP contribution in [0.3, 0.4) is 0 Å². The van der Waals surface area contributed by atoms with Gasteiger partial charge in [-0.15, -0.1) is 0 Å². The number of amides is 1. The number of ether oxygens (including phenoxy) is 1. The van der Waals surface area contributed by atoms with Gasteiger partial charge in [0, 0.05) is 11.6 Å². The van der Waals surface area contributed by atoms with Crippen LogP contribution in [0, 0.1) is 0 Å². The molecule has 0 N–H and O–H groups in total. The molecule has 2 unspecified atom stereocenters. The maximum atomic E-state index is 12.9. The zero-order chi connectivity index (χ0) is 16.5. The Bertz CT molecular complexity index is 779. The van der Waals surface area contributed by atoms with Crippen molar-refractivity contribution in [3.8, 4) is 16.9 Å². The SMILES string of the molecule is COc1cccc(-c2ccc(C(=O)N3C4C=CCC3CC4)cc2)c1. The molecule has 122 valence electrons. The van der Waals surface area contributed by atoms with Crippen LogP contribution in [0.2, 0.25) is 0 Å². The summed E-state index contributed by atoms with van der Waals surface area (Å²) in [7, 11) is 1.67. The summed E-state index contributed by atoms with van der Waals surface area (Å²) in [5.74, 6) is 0.994. The van der Waals surface area contributed by atoms with Gasteiger partial charge in [0.1, 0.15) is 5.75 Å². The summed E-state index contributed by atoms with van der Waals surface area (Å²) in [6, 6.07) is 16.5. The Morgan fingerprint density at radius 2 is 1.92 bits per heavy atom. The first kappa shape index (κ1) is 15.0. The second-order valence-electron chi connectivity index (χ2n) is 6.48. The first-order valence-electron chi connectivity index (χ1n) is 8.50. The van der Waals surface area contributed by atoms with Gasteiger partial charge in [0.2, 0.25) is 0 Å². The molecule has 0 saturated carbocycles. The lowest BCUT2D eigenvalue weighted by Gasteiger charge is -2.31. The Hall–Kier alpha value is -2.55. The van der Waals surface area contributed by atoms with Crippen LogP contribution in [-0.4, -0.2) is 30.0 Å². The smallest absolute Gasteiger partial charge is 0.254 e. The predicted octanol–water partition coefficient (Wildman–Crippen LogP) is 4.30. The Morgan fingerprint density at radius 3 is 2.67 bits per heavy atom. The van der Waals surface area contributed by atoms with E-state index in [-0.39, 0.29) is 11.9 Å². The Labute approximate surface area is 142 Å². The molecule has 1 fully saturated rings. The van der Waals surface area contributed by atoms with E-state index in [0.29, 0.717) is 6.04 Å². The molecule has 2 aliphatic rings. The van der Waals surface area contributed by atoms with Crippen LogP contribution in [-0.2, 0) is 0 Å². The third-order valence-electron chi connectivity index (χ3n) is 5.08. The third kappa shape index (κ3) is 2.60. The zero-order valence-electron chi connectivity index (χ0n) is 13.8. The van der Waals surface area contributed by atoms with Gasteiger partial charge >= 0.3 is 0 Å². The number of fused-ring (bicyclic) bond motifs is 2. The predicted molar refractivity (Wildman–Crippen MR) is 95.2 cm³/mol. The summed E-state index contributed by atoms with van der Waals surface area (Å²) < 4.78 is 5.28. The Balaban J connectivity index is 1.57. The van der Waals surface area contributed by atoms with E-state index in [1.807, 2.05) is 42.5 Å². The molecule has 4 rings (SSSR count). The minimum atomic E-state index is 0.157. The normalized spacial score (nSPS) is 21.8. The lowest BCUT2D eigenvalue weighted by atomic mass is 10.0. The Kier molecular flexibility index (Phi) is 3.85. The molecular formula is C21H21NO2. The Morgan fingerprint density at radius 1 is 1.08 bits per heavy atom. The summed E-state index contributed by atoms with van der Waals surface area (Å²) in [5.41, 5.74) is 2.95. The highest BCUT2D eigenvalue weighted by Crippen LogP contribution is 2.33. The minimum absolute atomic E-state index is 0.157. The molecule has 24 heavy (non-hydrogen) atoms. The van der Waals surface area contributed by atoms with Gasteiger partial charge < -0.3 is 9.64 Å². The number of hydrogen-bond donors (Lipinski definition) is 0. The summed E-state index contributed by atoms with van der Waals surface area (Å²) in [4.78, 5) is 15.0. The van der Waals surface area contributed by atoms with Crippen molar-refractivity contribution in [3.63, 3.8) is 0 Å². The third-order valence-corrected chi connectivity index (χ3v) is 5.08. The average Bonchev–Trinajstić information content (AvgIpc) is 2.89. The van der Waals surface area contributed by atoms with E-state index in [9.17, 15) is 4.79 Å². The van der Waals surface area contributed by atoms with Crippen LogP contribution in [0.1, 0.15) is 29.6 Å². The highest BCUT2D eigenvalue weighted by molar-refractivity contribution is 5.95. The highest BCUT2D eigenvalue weighted by atomic mass is 16.5. The molecule has 0 spiro atoms. The van der Waals surface area contributed by atoms with Crippen molar-refractivity contribution in [1.29, 1.82) is 0 Å². The average molecular weight is 319 g/mol. The van der Waals surface area contributed by atoms with Crippen LogP contribution >= 0.6 is 0 Å². The lowest BCUT2D eigenvalue weighted by Crippen LogP contribution is -2.42. The van der Waals surface area contributed by atoms with Crippen molar-refractivity contribution < 1.29 is 9.53 Å². The molecule has 2 heterocycles. The molecule has 0 aromatic heterocycles. The van der Waals surface area contributed by atoms with Crippen LogP contribution in [0.15, 0.2) is 60.7 Å². The number of hydrogen-bond acceptors (Lipinski definition) is 2. The molecule has 2 bridgehead atoms. The largest absolute Gasteiger partial charge is 0.497 e.